The van der Waals surface area contributed by atoms with E-state index in [1.165, 1.54) is 13.2 Å². The van der Waals surface area contributed by atoms with Crippen molar-refractivity contribution in [3.05, 3.63) is 11.2 Å². The minimum absolute atomic E-state index is 0.149. The number of ether oxygens (including phenoxy) is 1. The van der Waals surface area contributed by atoms with Gasteiger partial charge in [-0.05, 0) is 18.9 Å². The fourth-order valence-electron chi connectivity index (χ4n) is 1.93. The van der Waals surface area contributed by atoms with Gasteiger partial charge in [-0.2, -0.15) is 4.98 Å². The number of nitrogens with zero attached hydrogens (tertiary/aromatic N) is 2. The van der Waals surface area contributed by atoms with Gasteiger partial charge in [0.05, 0.1) is 13.2 Å². The zero-order valence-corrected chi connectivity index (χ0v) is 11.0. The van der Waals surface area contributed by atoms with Crippen molar-refractivity contribution in [1.29, 1.82) is 0 Å². The van der Waals surface area contributed by atoms with Crippen LogP contribution in [0.2, 0.25) is 5.15 Å². The molecule has 0 aromatic carbocycles. The Morgan fingerprint density at radius 2 is 2.39 bits per heavy atom. The third-order valence-corrected chi connectivity index (χ3v) is 3.12. The molecule has 1 aliphatic rings. The van der Waals surface area contributed by atoms with E-state index in [1.807, 2.05) is 6.92 Å². The average Bonchev–Trinajstić information content (AvgIpc) is 2.74. The third-order valence-electron chi connectivity index (χ3n) is 2.93. The van der Waals surface area contributed by atoms with Crippen LogP contribution in [0.25, 0.3) is 0 Å². The zero-order chi connectivity index (χ0) is 13.1. The second kappa shape index (κ2) is 5.49. The largest absolute Gasteiger partial charge is 0.481 e. The van der Waals surface area contributed by atoms with Crippen LogP contribution in [0.1, 0.15) is 13.3 Å². The van der Waals surface area contributed by atoms with Crippen LogP contribution >= 0.6 is 11.6 Å². The van der Waals surface area contributed by atoms with E-state index in [0.717, 1.165) is 13.0 Å². The number of amides is 1. The Hall–Kier alpha value is -1.40. The van der Waals surface area contributed by atoms with Gasteiger partial charge in [-0.15, -0.1) is 0 Å². The number of halogens is 1. The van der Waals surface area contributed by atoms with Gasteiger partial charge in [0, 0.05) is 6.07 Å². The molecule has 1 saturated heterocycles. The summed E-state index contributed by atoms with van der Waals surface area (Å²) < 4.78 is 4.96. The Labute approximate surface area is 110 Å². The number of anilines is 1. The highest BCUT2D eigenvalue weighted by molar-refractivity contribution is 6.29. The van der Waals surface area contributed by atoms with Gasteiger partial charge >= 0.3 is 0 Å². The number of nitrogens with one attached hydrogen (secondary N) is 2. The molecule has 0 bridgehead atoms. The topological polar surface area (TPSA) is 76.1 Å². The summed E-state index contributed by atoms with van der Waals surface area (Å²) in [5.41, 5.74) is 0. The van der Waals surface area contributed by atoms with Crippen LogP contribution in [0.4, 0.5) is 5.95 Å². The molecule has 2 heterocycles. The van der Waals surface area contributed by atoms with E-state index in [0.29, 0.717) is 11.8 Å². The van der Waals surface area contributed by atoms with E-state index in [-0.39, 0.29) is 23.1 Å². The van der Waals surface area contributed by atoms with Crippen LogP contribution in [-0.4, -0.2) is 35.6 Å². The van der Waals surface area contributed by atoms with Gasteiger partial charge in [0.2, 0.25) is 17.7 Å². The minimum atomic E-state index is -0.210. The van der Waals surface area contributed by atoms with Crippen molar-refractivity contribution in [1.82, 2.24) is 15.3 Å². The molecular weight excluding hydrogens is 256 g/mol. The Balaban J connectivity index is 2.09. The second-order valence-electron chi connectivity index (χ2n) is 4.24. The van der Waals surface area contributed by atoms with Crippen molar-refractivity contribution < 1.29 is 9.53 Å². The molecule has 0 spiro atoms. The van der Waals surface area contributed by atoms with E-state index in [2.05, 4.69) is 20.6 Å². The van der Waals surface area contributed by atoms with Gasteiger partial charge in [0.25, 0.3) is 0 Å². The number of carbonyl (C=O) groups is 1. The lowest BCUT2D eigenvalue weighted by atomic mass is 10.0. The average molecular weight is 271 g/mol. The summed E-state index contributed by atoms with van der Waals surface area (Å²) in [5.74, 6) is 0.623. The molecule has 2 unspecified atom stereocenters. The highest BCUT2D eigenvalue weighted by Gasteiger charge is 2.29. The van der Waals surface area contributed by atoms with Crippen molar-refractivity contribution in [2.24, 2.45) is 5.92 Å². The smallest absolute Gasteiger partial charge is 0.244 e. The SMILES string of the molecule is COc1cc(Cl)nc(NC(=O)C2NCCC2C)n1. The molecule has 1 aromatic rings. The summed E-state index contributed by atoms with van der Waals surface area (Å²) in [4.78, 5) is 19.9. The molecule has 1 fully saturated rings. The van der Waals surface area contributed by atoms with Crippen molar-refractivity contribution in [2.45, 2.75) is 19.4 Å². The lowest BCUT2D eigenvalue weighted by Crippen LogP contribution is -2.39. The number of hydrogen-bond acceptors (Lipinski definition) is 5. The fourth-order valence-corrected chi connectivity index (χ4v) is 2.10. The minimum Gasteiger partial charge on any atom is -0.481 e. The van der Waals surface area contributed by atoms with Gasteiger partial charge in [0.1, 0.15) is 5.15 Å². The van der Waals surface area contributed by atoms with Crippen LogP contribution in [-0.2, 0) is 4.79 Å². The summed E-state index contributed by atoms with van der Waals surface area (Å²) in [7, 11) is 1.48. The molecule has 2 rings (SSSR count). The molecule has 2 atom stereocenters. The molecular formula is C11H15ClN4O2. The first-order chi connectivity index (χ1) is 8.60. The molecule has 0 radical (unpaired) electrons. The van der Waals surface area contributed by atoms with E-state index in [1.54, 1.807) is 0 Å². The fraction of sp³-hybridized carbons (Fsp3) is 0.545. The summed E-state index contributed by atoms with van der Waals surface area (Å²) in [6.45, 7) is 2.88. The monoisotopic (exact) mass is 270 g/mol. The standard InChI is InChI=1S/C11H15ClN4O2/c1-6-3-4-13-9(6)10(17)16-11-14-7(12)5-8(15-11)18-2/h5-6,9,13H,3-4H2,1-2H3,(H,14,15,16,17). The van der Waals surface area contributed by atoms with Crippen molar-refractivity contribution in [3.63, 3.8) is 0 Å². The van der Waals surface area contributed by atoms with E-state index in [4.69, 9.17) is 16.3 Å². The quantitative estimate of drug-likeness (QED) is 0.804. The molecule has 7 heteroatoms. The number of carbonyl (C=O) groups excluding carboxylic acids is 1. The van der Waals surface area contributed by atoms with Crippen molar-refractivity contribution in [3.8, 4) is 5.88 Å². The molecule has 1 amide bonds. The molecule has 1 aromatic heterocycles. The third kappa shape index (κ3) is 2.88. The lowest BCUT2D eigenvalue weighted by molar-refractivity contribution is -0.118. The predicted octanol–water partition coefficient (Wildman–Crippen LogP) is 1.08. The molecule has 6 nitrogen and oxygen atoms in total. The van der Waals surface area contributed by atoms with Crippen molar-refractivity contribution >= 4 is 23.5 Å². The van der Waals surface area contributed by atoms with Crippen LogP contribution in [0.5, 0.6) is 5.88 Å². The molecule has 0 saturated carbocycles. The number of rotatable bonds is 3. The van der Waals surface area contributed by atoms with Gasteiger partial charge in [0.15, 0.2) is 0 Å². The van der Waals surface area contributed by atoms with Crippen LogP contribution in [0.3, 0.4) is 0 Å². The maximum atomic E-state index is 12.0. The molecule has 18 heavy (non-hydrogen) atoms. The maximum Gasteiger partial charge on any atom is 0.244 e. The summed E-state index contributed by atoms with van der Waals surface area (Å²) in [6, 6.07) is 1.27. The first-order valence-electron chi connectivity index (χ1n) is 5.73. The summed E-state index contributed by atoms with van der Waals surface area (Å²) in [5, 5.41) is 6.01. The first-order valence-corrected chi connectivity index (χ1v) is 6.11. The summed E-state index contributed by atoms with van der Waals surface area (Å²) >= 11 is 5.80. The number of hydrogen-bond donors (Lipinski definition) is 2. The predicted molar refractivity (Wildman–Crippen MR) is 67.8 cm³/mol. The second-order valence-corrected chi connectivity index (χ2v) is 4.63. The lowest BCUT2D eigenvalue weighted by Gasteiger charge is -2.14. The van der Waals surface area contributed by atoms with Crippen molar-refractivity contribution in [2.75, 3.05) is 19.0 Å². The number of methoxy groups -OCH3 is 1. The van der Waals surface area contributed by atoms with Crippen LogP contribution < -0.4 is 15.4 Å². The van der Waals surface area contributed by atoms with Crippen LogP contribution in [0.15, 0.2) is 6.07 Å². The molecule has 98 valence electrons. The maximum absolute atomic E-state index is 12.0. The van der Waals surface area contributed by atoms with Crippen LogP contribution in [0, 0.1) is 5.92 Å². The highest BCUT2D eigenvalue weighted by atomic mass is 35.5. The molecule has 0 aliphatic carbocycles. The van der Waals surface area contributed by atoms with E-state index in [9.17, 15) is 4.79 Å². The van der Waals surface area contributed by atoms with E-state index < -0.39 is 0 Å². The molecule has 1 aliphatic heterocycles. The van der Waals surface area contributed by atoms with Gasteiger partial charge in [-0.25, -0.2) is 4.98 Å². The highest BCUT2D eigenvalue weighted by Crippen LogP contribution is 2.18. The Morgan fingerprint density at radius 1 is 1.61 bits per heavy atom. The van der Waals surface area contributed by atoms with E-state index >= 15 is 0 Å². The Bertz CT molecular complexity index is 455. The van der Waals surface area contributed by atoms with Gasteiger partial charge < -0.3 is 10.1 Å². The number of aromatic nitrogens is 2. The van der Waals surface area contributed by atoms with Gasteiger partial charge in [-0.3, -0.25) is 10.1 Å². The summed E-state index contributed by atoms with van der Waals surface area (Å²) in [6.07, 6.45) is 0.984. The van der Waals surface area contributed by atoms with Gasteiger partial charge in [-0.1, -0.05) is 18.5 Å². The Morgan fingerprint density at radius 3 is 3.00 bits per heavy atom. The normalized spacial score (nSPS) is 22.8. The first kappa shape index (κ1) is 13.0. The Kier molecular flexibility index (Phi) is 3.98. The molecule has 2 N–H and O–H groups in total. The zero-order valence-electron chi connectivity index (χ0n) is 10.2.